The molecular formula is C57H72FN9O6. The average Bonchev–Trinajstić information content (AvgIpc) is 4.18. The van der Waals surface area contributed by atoms with Gasteiger partial charge >= 0.3 is 0 Å². The summed E-state index contributed by atoms with van der Waals surface area (Å²) < 4.78 is 15.2. The topological polar surface area (TPSA) is 163 Å². The second-order valence-electron chi connectivity index (χ2n) is 22.2. The van der Waals surface area contributed by atoms with Gasteiger partial charge in [0.25, 0.3) is 17.4 Å². The number of piperazine rings is 2. The third-order valence-corrected chi connectivity index (χ3v) is 17.0. The standard InChI is InChI=1S/C57H72FN9O6/c1-57(20-21-57)56(73)66-22-8-13-44(36-66)42-11-7-12-43(34-42)53(70)59-50-37-63(25-30-67(50)51(68)33-39-9-3-2-4-10-39)35-40-18-23-62(24-19-40)38-52(69)64-26-28-65(29-27-64)55(72)47-31-41(16-17-48(47)58)32-49-45-14-5-6-15-46(45)54(71)61-60-49/h5-7,11-12,14-17,31,34,39-40,44,50H,2-4,8-10,13,18-30,32-33,35-38H2,1H3,(H,59,70)(H,61,71)/t44?,50-/m1/s1. The number of likely N-dealkylation sites (tertiary alicyclic amines) is 2. The molecule has 1 aromatic heterocycles. The highest BCUT2D eigenvalue weighted by molar-refractivity contribution is 5.96. The summed E-state index contributed by atoms with van der Waals surface area (Å²) >= 11 is 0. The highest BCUT2D eigenvalue weighted by Gasteiger charge is 2.48. The number of fused-ring (bicyclic) bond motifs is 1. The van der Waals surface area contributed by atoms with Crippen LogP contribution in [0.4, 0.5) is 4.39 Å². The smallest absolute Gasteiger partial charge is 0.272 e. The molecule has 6 aliphatic rings. The van der Waals surface area contributed by atoms with E-state index in [4.69, 9.17) is 0 Å². The molecule has 2 N–H and O–H groups in total. The van der Waals surface area contributed by atoms with Crippen LogP contribution in [-0.2, 0) is 20.8 Å². The Morgan fingerprint density at radius 2 is 1.47 bits per heavy atom. The number of H-pyrrole nitrogens is 1. The number of carbonyl (C=O) groups is 5. The molecule has 3 aromatic carbocycles. The zero-order chi connectivity index (χ0) is 50.6. The highest BCUT2D eigenvalue weighted by atomic mass is 19.1. The second kappa shape index (κ2) is 22.2. The van der Waals surface area contributed by atoms with E-state index in [0.717, 1.165) is 89.7 Å². The van der Waals surface area contributed by atoms with Crippen LogP contribution in [0.1, 0.15) is 127 Å². The maximum atomic E-state index is 15.2. The van der Waals surface area contributed by atoms with E-state index in [1.165, 1.54) is 25.3 Å². The largest absolute Gasteiger partial charge is 0.342 e. The minimum atomic E-state index is -0.610. The third-order valence-electron chi connectivity index (χ3n) is 17.0. The predicted octanol–water partition coefficient (Wildman–Crippen LogP) is 6.03. The van der Waals surface area contributed by atoms with Crippen LogP contribution in [0.25, 0.3) is 10.8 Å². The van der Waals surface area contributed by atoms with Crippen LogP contribution in [0.3, 0.4) is 0 Å². The number of rotatable bonds is 13. The SMILES string of the molecule is CC1(C(=O)N2CCCC(c3cccc(C(=O)N[C@H]4CN(CC5CCN(CC(=O)N6CCN(C(=O)c7cc(Cc8n[nH]c(=O)c9ccccc89)ccc7F)CC6)CC5)CCN4C(=O)CC4CCCCC4)c3)C2)CC1. The molecule has 5 heterocycles. The number of carbonyl (C=O) groups excluding carboxylic acids is 5. The lowest BCUT2D eigenvalue weighted by Gasteiger charge is -2.44. The first-order chi connectivity index (χ1) is 35.4. The number of piperidine rings is 2. The van der Waals surface area contributed by atoms with Crippen molar-refractivity contribution in [1.29, 1.82) is 0 Å². The zero-order valence-electron chi connectivity index (χ0n) is 42.5. The summed E-state index contributed by atoms with van der Waals surface area (Å²) in [4.78, 5) is 93.0. The van der Waals surface area contributed by atoms with Crippen LogP contribution in [0, 0.1) is 23.1 Å². The molecule has 6 fully saturated rings. The molecule has 15 nitrogen and oxygen atoms in total. The Hall–Kier alpha value is -6.00. The summed E-state index contributed by atoms with van der Waals surface area (Å²) in [5.74, 6) is 0.182. The quantitative estimate of drug-likeness (QED) is 0.163. The summed E-state index contributed by atoms with van der Waals surface area (Å²) in [6.45, 7) is 9.47. The van der Waals surface area contributed by atoms with Crippen molar-refractivity contribution in [2.24, 2.45) is 17.3 Å². The molecule has 4 aliphatic heterocycles. The van der Waals surface area contributed by atoms with Gasteiger partial charge in [0.15, 0.2) is 0 Å². The molecule has 0 radical (unpaired) electrons. The average molecular weight is 998 g/mol. The number of halogens is 1. The molecule has 1 unspecified atom stereocenters. The van der Waals surface area contributed by atoms with E-state index in [-0.39, 0.29) is 46.1 Å². The molecule has 4 saturated heterocycles. The lowest BCUT2D eigenvalue weighted by molar-refractivity contribution is -0.138. The second-order valence-corrected chi connectivity index (χ2v) is 22.2. The number of amides is 5. The summed E-state index contributed by atoms with van der Waals surface area (Å²) in [6.07, 6.45) is 11.8. The van der Waals surface area contributed by atoms with E-state index in [0.29, 0.717) is 105 Å². The van der Waals surface area contributed by atoms with Gasteiger partial charge in [-0.15, -0.1) is 0 Å². The van der Waals surface area contributed by atoms with Crippen LogP contribution < -0.4 is 10.9 Å². The molecule has 16 heteroatoms. The molecule has 2 aliphatic carbocycles. The Balaban J connectivity index is 0.703. The van der Waals surface area contributed by atoms with Crippen molar-refractivity contribution in [2.45, 2.75) is 102 Å². The number of aromatic nitrogens is 2. The minimum Gasteiger partial charge on any atom is -0.342 e. The van der Waals surface area contributed by atoms with Crippen LogP contribution in [0.15, 0.2) is 71.5 Å². The van der Waals surface area contributed by atoms with Crippen LogP contribution in [0.2, 0.25) is 0 Å². The first-order valence-electron chi connectivity index (χ1n) is 27.1. The summed E-state index contributed by atoms with van der Waals surface area (Å²) in [5, 5.41) is 11.3. The maximum Gasteiger partial charge on any atom is 0.272 e. The summed E-state index contributed by atoms with van der Waals surface area (Å²) in [5.41, 5.74) is 2.46. The van der Waals surface area contributed by atoms with Crippen molar-refractivity contribution in [2.75, 3.05) is 85.1 Å². The Labute approximate surface area is 427 Å². The Bertz CT molecular complexity index is 2740. The number of nitrogens with one attached hydrogen (secondary N) is 2. The molecule has 4 aromatic rings. The number of nitrogens with zero attached hydrogens (tertiary/aromatic N) is 7. The van der Waals surface area contributed by atoms with Gasteiger partial charge in [-0.05, 0) is 118 Å². The molecule has 73 heavy (non-hydrogen) atoms. The maximum absolute atomic E-state index is 15.2. The van der Waals surface area contributed by atoms with Crippen molar-refractivity contribution in [3.8, 4) is 0 Å². The van der Waals surface area contributed by atoms with Crippen LogP contribution in [-0.4, -0.2) is 160 Å². The monoisotopic (exact) mass is 998 g/mol. The molecule has 388 valence electrons. The van der Waals surface area contributed by atoms with Gasteiger partial charge in [0.05, 0.1) is 23.2 Å². The van der Waals surface area contributed by atoms with Crippen molar-refractivity contribution in [1.82, 2.24) is 44.9 Å². The zero-order valence-corrected chi connectivity index (χ0v) is 42.5. The number of aromatic amines is 1. The van der Waals surface area contributed by atoms with Crippen molar-refractivity contribution in [3.63, 3.8) is 0 Å². The summed E-state index contributed by atoms with van der Waals surface area (Å²) in [6, 6.07) is 19.5. The summed E-state index contributed by atoms with van der Waals surface area (Å²) in [7, 11) is 0. The van der Waals surface area contributed by atoms with Crippen LogP contribution in [0.5, 0.6) is 0 Å². The number of hydrogen-bond acceptors (Lipinski definition) is 9. The lowest BCUT2D eigenvalue weighted by atomic mass is 9.86. The van der Waals surface area contributed by atoms with E-state index in [2.05, 4.69) is 38.3 Å². The molecule has 0 bridgehead atoms. The Kier molecular flexibility index (Phi) is 15.4. The van der Waals surface area contributed by atoms with Gasteiger partial charge < -0.3 is 24.9 Å². The molecule has 5 amide bonds. The molecule has 0 spiro atoms. The molecule has 2 saturated carbocycles. The van der Waals surface area contributed by atoms with E-state index in [9.17, 15) is 28.8 Å². The van der Waals surface area contributed by atoms with Crippen molar-refractivity contribution < 1.29 is 28.4 Å². The highest BCUT2D eigenvalue weighted by Crippen LogP contribution is 2.47. The minimum absolute atomic E-state index is 0.0243. The van der Waals surface area contributed by atoms with Crippen molar-refractivity contribution >= 4 is 40.3 Å². The predicted molar refractivity (Wildman–Crippen MR) is 276 cm³/mol. The molecule has 10 rings (SSSR count). The van der Waals surface area contributed by atoms with E-state index < -0.39 is 17.9 Å². The van der Waals surface area contributed by atoms with E-state index in [1.54, 1.807) is 34.1 Å². The van der Waals surface area contributed by atoms with Crippen molar-refractivity contribution in [3.05, 3.63) is 111 Å². The third kappa shape index (κ3) is 11.9. The Morgan fingerprint density at radius 1 is 0.712 bits per heavy atom. The fourth-order valence-corrected chi connectivity index (χ4v) is 12.2. The van der Waals surface area contributed by atoms with Gasteiger partial charge in [0.1, 0.15) is 12.0 Å². The van der Waals surface area contributed by atoms with Gasteiger partial charge in [0, 0.05) is 101 Å². The number of hydrogen-bond donors (Lipinski definition) is 2. The van der Waals surface area contributed by atoms with E-state index >= 15 is 4.39 Å². The Morgan fingerprint density at radius 3 is 2.23 bits per heavy atom. The van der Waals surface area contributed by atoms with E-state index in [1.807, 2.05) is 40.1 Å². The van der Waals surface area contributed by atoms with Gasteiger partial charge in [-0.3, -0.25) is 38.6 Å². The normalized spacial score (nSPS) is 22.3. The van der Waals surface area contributed by atoms with Gasteiger partial charge in [-0.2, -0.15) is 5.10 Å². The lowest BCUT2D eigenvalue weighted by Crippen LogP contribution is -2.62. The van der Waals surface area contributed by atoms with Crippen LogP contribution >= 0.6 is 0 Å². The molecular weight excluding hydrogens is 926 g/mol. The fraction of sp³-hybridized carbons (Fsp3) is 0.561. The van der Waals surface area contributed by atoms with Gasteiger partial charge in [-0.1, -0.05) is 62.6 Å². The fourth-order valence-electron chi connectivity index (χ4n) is 12.2. The van der Waals surface area contributed by atoms with Gasteiger partial charge in [0.2, 0.25) is 17.7 Å². The first-order valence-corrected chi connectivity index (χ1v) is 27.1. The van der Waals surface area contributed by atoms with Gasteiger partial charge in [-0.25, -0.2) is 9.49 Å². The first kappa shape index (κ1) is 50.5. The molecule has 2 atom stereocenters. The number of benzene rings is 3.